The standard InChI is InChI=1S/C21H19N5OS3/c1-10-7-8-12-15(9-10)29-19-16(12)18(27)22-17(23-19)11(2)28-20-24-25-21-26(20)13-5-3-4-6-14(13)30-21/h3-6,10-11H,7-9H2,1-2H3,(H,22,23,27)/t10-,11+/m1/s1. The molecule has 4 heterocycles. The molecule has 152 valence electrons. The highest BCUT2D eigenvalue weighted by Gasteiger charge is 2.24. The van der Waals surface area contributed by atoms with E-state index in [1.165, 1.54) is 15.1 Å². The molecule has 5 aromatic rings. The fourth-order valence-corrected chi connectivity index (χ4v) is 7.53. The van der Waals surface area contributed by atoms with Gasteiger partial charge in [-0.15, -0.1) is 21.5 Å². The molecule has 0 saturated heterocycles. The maximum Gasteiger partial charge on any atom is 0.259 e. The highest BCUT2D eigenvalue weighted by Crippen LogP contribution is 2.38. The van der Waals surface area contributed by atoms with Crippen LogP contribution in [0, 0.1) is 5.92 Å². The van der Waals surface area contributed by atoms with Crippen LogP contribution in [0.4, 0.5) is 0 Å². The highest BCUT2D eigenvalue weighted by molar-refractivity contribution is 7.99. The van der Waals surface area contributed by atoms with Gasteiger partial charge in [-0.3, -0.25) is 9.20 Å². The molecular weight excluding hydrogens is 434 g/mol. The van der Waals surface area contributed by atoms with E-state index in [1.807, 2.05) is 12.1 Å². The molecule has 0 spiro atoms. The molecule has 0 saturated carbocycles. The van der Waals surface area contributed by atoms with E-state index in [0.717, 1.165) is 45.1 Å². The Labute approximate surface area is 184 Å². The van der Waals surface area contributed by atoms with Crippen molar-refractivity contribution < 1.29 is 0 Å². The Hall–Kier alpha value is -2.23. The highest BCUT2D eigenvalue weighted by atomic mass is 32.2. The van der Waals surface area contributed by atoms with Crippen LogP contribution < -0.4 is 5.56 Å². The van der Waals surface area contributed by atoms with Crippen LogP contribution in [0.25, 0.3) is 25.4 Å². The first-order chi connectivity index (χ1) is 14.6. The van der Waals surface area contributed by atoms with E-state index < -0.39 is 0 Å². The van der Waals surface area contributed by atoms with Crippen LogP contribution in [0.2, 0.25) is 0 Å². The number of benzene rings is 1. The molecule has 0 fully saturated rings. The van der Waals surface area contributed by atoms with Gasteiger partial charge in [0.05, 0.1) is 20.9 Å². The maximum absolute atomic E-state index is 12.9. The third kappa shape index (κ3) is 2.83. The van der Waals surface area contributed by atoms with Crippen LogP contribution in [0.3, 0.4) is 0 Å². The van der Waals surface area contributed by atoms with E-state index in [1.54, 1.807) is 34.4 Å². The zero-order valence-corrected chi connectivity index (χ0v) is 19.0. The zero-order valence-electron chi connectivity index (χ0n) is 16.5. The summed E-state index contributed by atoms with van der Waals surface area (Å²) in [6.07, 6.45) is 3.18. The molecule has 0 aliphatic heterocycles. The second-order valence-corrected chi connectivity index (χ2v) is 11.3. The molecular formula is C21H19N5OS3. The fraction of sp³-hybridized carbons (Fsp3) is 0.333. The quantitative estimate of drug-likeness (QED) is 0.379. The van der Waals surface area contributed by atoms with Crippen molar-refractivity contribution in [1.29, 1.82) is 0 Å². The predicted molar refractivity (Wildman–Crippen MR) is 124 cm³/mol. The van der Waals surface area contributed by atoms with E-state index >= 15 is 0 Å². The van der Waals surface area contributed by atoms with Crippen molar-refractivity contribution in [3.8, 4) is 0 Å². The summed E-state index contributed by atoms with van der Waals surface area (Å²) >= 11 is 4.89. The number of aromatic nitrogens is 5. The van der Waals surface area contributed by atoms with Gasteiger partial charge >= 0.3 is 0 Å². The van der Waals surface area contributed by atoms with Crippen molar-refractivity contribution in [1.82, 2.24) is 24.6 Å². The van der Waals surface area contributed by atoms with Crippen molar-refractivity contribution in [2.75, 3.05) is 0 Å². The van der Waals surface area contributed by atoms with Gasteiger partial charge in [0.15, 0.2) is 5.16 Å². The van der Waals surface area contributed by atoms with E-state index in [0.29, 0.717) is 11.7 Å². The Kier molecular flexibility index (Phi) is 4.26. The van der Waals surface area contributed by atoms with E-state index in [-0.39, 0.29) is 10.8 Å². The average molecular weight is 454 g/mol. The number of hydrogen-bond acceptors (Lipinski definition) is 7. The lowest BCUT2D eigenvalue weighted by atomic mass is 9.89. The second-order valence-electron chi connectivity index (χ2n) is 7.91. The lowest BCUT2D eigenvalue weighted by molar-refractivity contribution is 0.509. The number of nitrogens with zero attached hydrogens (tertiary/aromatic N) is 4. The summed E-state index contributed by atoms with van der Waals surface area (Å²) in [7, 11) is 0. The smallest absolute Gasteiger partial charge is 0.259 e. The first-order valence-electron chi connectivity index (χ1n) is 10.0. The van der Waals surface area contributed by atoms with Gasteiger partial charge in [-0.05, 0) is 49.8 Å². The number of aromatic amines is 1. The van der Waals surface area contributed by atoms with Crippen molar-refractivity contribution >= 4 is 59.8 Å². The number of para-hydroxylation sites is 1. The van der Waals surface area contributed by atoms with Gasteiger partial charge in [-0.25, -0.2) is 4.98 Å². The summed E-state index contributed by atoms with van der Waals surface area (Å²) in [5.74, 6) is 1.37. The maximum atomic E-state index is 12.9. The molecule has 0 bridgehead atoms. The summed E-state index contributed by atoms with van der Waals surface area (Å²) in [4.78, 5) is 23.9. The van der Waals surface area contributed by atoms with Gasteiger partial charge in [0.1, 0.15) is 10.7 Å². The number of thioether (sulfide) groups is 1. The van der Waals surface area contributed by atoms with Gasteiger partial charge in [0.25, 0.3) is 5.56 Å². The van der Waals surface area contributed by atoms with Gasteiger partial charge in [0.2, 0.25) is 4.96 Å². The molecule has 1 N–H and O–H groups in total. The summed E-state index contributed by atoms with van der Waals surface area (Å²) in [6.45, 7) is 4.34. The van der Waals surface area contributed by atoms with E-state index in [9.17, 15) is 4.79 Å². The second kappa shape index (κ2) is 6.90. The molecule has 6 rings (SSSR count). The third-order valence-corrected chi connectivity index (χ3v) is 8.97. The largest absolute Gasteiger partial charge is 0.309 e. The number of aryl methyl sites for hydroxylation is 1. The van der Waals surface area contributed by atoms with E-state index in [2.05, 4.69) is 45.6 Å². The van der Waals surface area contributed by atoms with Crippen LogP contribution in [-0.4, -0.2) is 24.6 Å². The Morgan fingerprint density at radius 3 is 3.03 bits per heavy atom. The Morgan fingerprint density at radius 2 is 2.13 bits per heavy atom. The van der Waals surface area contributed by atoms with Crippen LogP contribution in [-0.2, 0) is 12.8 Å². The fourth-order valence-electron chi connectivity index (χ4n) is 4.20. The van der Waals surface area contributed by atoms with Crippen LogP contribution >= 0.6 is 34.4 Å². The van der Waals surface area contributed by atoms with Gasteiger partial charge in [-0.1, -0.05) is 42.2 Å². The number of H-pyrrole nitrogens is 1. The molecule has 4 aromatic heterocycles. The number of nitrogens with one attached hydrogen (secondary N) is 1. The van der Waals surface area contributed by atoms with Gasteiger partial charge < -0.3 is 4.98 Å². The number of fused-ring (bicyclic) bond motifs is 6. The molecule has 0 unspecified atom stereocenters. The lowest BCUT2D eigenvalue weighted by Gasteiger charge is -2.17. The third-order valence-electron chi connectivity index (χ3n) is 5.76. The first kappa shape index (κ1) is 18.5. The monoisotopic (exact) mass is 453 g/mol. The number of rotatable bonds is 3. The molecule has 0 amide bonds. The molecule has 1 aliphatic carbocycles. The SMILES string of the molecule is C[C@@H]1CCc2c(sc3nc([C@H](C)Sc4nnc5sc6ccccc6n45)[nH]c(=O)c23)C1. The number of thiophene rings is 1. The Balaban J connectivity index is 1.39. The molecule has 9 heteroatoms. The Morgan fingerprint density at radius 1 is 1.27 bits per heavy atom. The summed E-state index contributed by atoms with van der Waals surface area (Å²) in [6, 6.07) is 8.24. The number of hydrogen-bond donors (Lipinski definition) is 1. The molecule has 1 aromatic carbocycles. The Bertz CT molecular complexity index is 1480. The van der Waals surface area contributed by atoms with Crippen molar-refractivity contribution in [2.24, 2.45) is 5.92 Å². The summed E-state index contributed by atoms with van der Waals surface area (Å²) < 4.78 is 3.27. The minimum absolute atomic E-state index is 0.0122. The first-order valence-corrected chi connectivity index (χ1v) is 12.5. The van der Waals surface area contributed by atoms with Gasteiger partial charge in [-0.2, -0.15) is 0 Å². The van der Waals surface area contributed by atoms with Crippen LogP contribution in [0.15, 0.2) is 34.2 Å². The lowest BCUT2D eigenvalue weighted by Crippen LogP contribution is -2.15. The molecule has 2 atom stereocenters. The van der Waals surface area contributed by atoms with Crippen LogP contribution in [0.5, 0.6) is 0 Å². The topological polar surface area (TPSA) is 75.9 Å². The predicted octanol–water partition coefficient (Wildman–Crippen LogP) is 5.22. The molecule has 30 heavy (non-hydrogen) atoms. The normalized spacial score (nSPS) is 17.7. The van der Waals surface area contributed by atoms with Crippen molar-refractivity contribution in [3.05, 3.63) is 50.9 Å². The minimum atomic E-state index is -0.0498. The number of thiazole rings is 1. The van der Waals surface area contributed by atoms with E-state index in [4.69, 9.17) is 4.98 Å². The van der Waals surface area contributed by atoms with Crippen LogP contribution in [0.1, 0.15) is 41.8 Å². The molecule has 0 radical (unpaired) electrons. The van der Waals surface area contributed by atoms with Crippen molar-refractivity contribution in [2.45, 2.75) is 43.5 Å². The minimum Gasteiger partial charge on any atom is -0.309 e. The average Bonchev–Trinajstić information content (AvgIpc) is 3.39. The molecule has 1 aliphatic rings. The van der Waals surface area contributed by atoms with Crippen molar-refractivity contribution in [3.63, 3.8) is 0 Å². The summed E-state index contributed by atoms with van der Waals surface area (Å²) in [5, 5.41) is 10.3. The van der Waals surface area contributed by atoms with Gasteiger partial charge in [0, 0.05) is 4.88 Å². The summed E-state index contributed by atoms with van der Waals surface area (Å²) in [5.41, 5.74) is 2.31. The zero-order chi connectivity index (χ0) is 20.4. The molecule has 6 nitrogen and oxygen atoms in total.